The van der Waals surface area contributed by atoms with Crippen LogP contribution in [-0.4, -0.2) is 68.8 Å². The molecule has 1 aromatic heterocycles. The first-order valence-corrected chi connectivity index (χ1v) is 15.8. The fourth-order valence-electron chi connectivity index (χ4n) is 4.21. The van der Waals surface area contributed by atoms with Crippen LogP contribution in [0, 0.1) is 13.8 Å². The average Bonchev–Trinajstić information content (AvgIpc) is 3.28. The van der Waals surface area contributed by atoms with Gasteiger partial charge in [0.1, 0.15) is 0 Å². The molecule has 2 aromatic carbocycles. The Morgan fingerprint density at radius 2 is 1.47 bits per heavy atom. The van der Waals surface area contributed by atoms with E-state index in [1.54, 1.807) is 33.5 Å². The predicted octanol–water partition coefficient (Wildman–Crippen LogP) is 6.10. The van der Waals surface area contributed by atoms with Gasteiger partial charge in [-0.15, -0.1) is 0 Å². The maximum Gasteiger partial charge on any atom is 0.260 e. The minimum Gasteiger partial charge on any atom is -0.309 e. The number of aryl methyl sites for hydroxylation is 2. The number of thiazole rings is 1. The monoisotopic (exact) mass is 558 g/mol. The van der Waals surface area contributed by atoms with Gasteiger partial charge in [0.25, 0.3) is 5.91 Å². The highest BCUT2D eigenvalue weighted by molar-refractivity contribution is 7.89. The summed E-state index contributed by atoms with van der Waals surface area (Å²) in [5.74, 6) is -0.172. The van der Waals surface area contributed by atoms with Crippen LogP contribution < -0.4 is 4.90 Å². The number of sulfonamides is 1. The van der Waals surface area contributed by atoms with Crippen molar-refractivity contribution >= 4 is 42.6 Å². The Morgan fingerprint density at radius 3 is 2.05 bits per heavy atom. The lowest BCUT2D eigenvalue weighted by atomic mass is 10.1. The third-order valence-corrected chi connectivity index (χ3v) is 9.67. The molecule has 0 atom stereocenters. The van der Waals surface area contributed by atoms with Gasteiger partial charge >= 0.3 is 0 Å². The standard InChI is InChI=1S/C29H42N4O3S2/c1-7-9-17-32(18-10-8-2)38(35,36)25-14-12-24(13-15-25)28(34)33(19-11-16-31(5)6)29-30-26-20-22(3)23(4)21-27(26)37-29/h12-15,20-21H,7-11,16-19H2,1-6H3. The molecule has 1 heterocycles. The molecule has 0 saturated carbocycles. The number of carbonyl (C=O) groups excluding carboxylic acids is 1. The predicted molar refractivity (Wildman–Crippen MR) is 159 cm³/mol. The lowest BCUT2D eigenvalue weighted by Crippen LogP contribution is -2.34. The number of benzene rings is 2. The molecule has 0 unspecified atom stereocenters. The van der Waals surface area contributed by atoms with Crippen LogP contribution in [0.2, 0.25) is 0 Å². The quantitative estimate of drug-likeness (QED) is 0.239. The smallest absolute Gasteiger partial charge is 0.260 e. The SMILES string of the molecule is CCCCN(CCCC)S(=O)(=O)c1ccc(C(=O)N(CCCN(C)C)c2nc3cc(C)c(C)cc3s2)cc1. The van der Waals surface area contributed by atoms with Gasteiger partial charge in [-0.1, -0.05) is 38.0 Å². The van der Waals surface area contributed by atoms with E-state index in [1.165, 1.54) is 22.5 Å². The molecule has 0 radical (unpaired) electrons. The van der Waals surface area contributed by atoms with Crippen molar-refractivity contribution in [1.82, 2.24) is 14.2 Å². The summed E-state index contributed by atoms with van der Waals surface area (Å²) >= 11 is 1.51. The van der Waals surface area contributed by atoms with Crippen molar-refractivity contribution < 1.29 is 13.2 Å². The van der Waals surface area contributed by atoms with Crippen LogP contribution in [0.5, 0.6) is 0 Å². The minimum absolute atomic E-state index is 0.172. The van der Waals surface area contributed by atoms with Gasteiger partial charge in [0.2, 0.25) is 10.0 Å². The molecule has 3 aromatic rings. The minimum atomic E-state index is -3.62. The van der Waals surface area contributed by atoms with Gasteiger partial charge in [0, 0.05) is 25.2 Å². The summed E-state index contributed by atoms with van der Waals surface area (Å²) in [7, 11) is 0.409. The lowest BCUT2D eigenvalue weighted by molar-refractivity contribution is 0.0986. The Labute approximate surface area is 232 Å². The highest BCUT2D eigenvalue weighted by Gasteiger charge is 2.25. The topological polar surface area (TPSA) is 73.8 Å². The molecule has 9 heteroatoms. The van der Waals surface area contributed by atoms with Crippen molar-refractivity contribution in [3.05, 3.63) is 53.1 Å². The number of aromatic nitrogens is 1. The van der Waals surface area contributed by atoms with Crippen molar-refractivity contribution in [3.8, 4) is 0 Å². The molecule has 38 heavy (non-hydrogen) atoms. The zero-order valence-corrected chi connectivity index (χ0v) is 25.3. The van der Waals surface area contributed by atoms with Crippen molar-refractivity contribution in [2.75, 3.05) is 45.2 Å². The summed E-state index contributed by atoms with van der Waals surface area (Å²) in [5.41, 5.74) is 3.71. The second kappa shape index (κ2) is 13.6. The summed E-state index contributed by atoms with van der Waals surface area (Å²) in [6.07, 6.45) is 4.30. The van der Waals surface area contributed by atoms with E-state index in [1.807, 2.05) is 14.1 Å². The largest absolute Gasteiger partial charge is 0.309 e. The number of carbonyl (C=O) groups is 1. The average molecular weight is 559 g/mol. The number of rotatable bonds is 14. The van der Waals surface area contributed by atoms with E-state index in [4.69, 9.17) is 4.98 Å². The van der Waals surface area contributed by atoms with E-state index in [0.29, 0.717) is 30.3 Å². The molecule has 1 amide bonds. The third-order valence-electron chi connectivity index (χ3n) is 6.72. The number of fused-ring (bicyclic) bond motifs is 1. The first-order valence-electron chi connectivity index (χ1n) is 13.5. The van der Waals surface area contributed by atoms with Crippen molar-refractivity contribution in [2.45, 2.75) is 64.7 Å². The van der Waals surface area contributed by atoms with Crippen LogP contribution in [0.3, 0.4) is 0 Å². The third kappa shape index (κ3) is 7.40. The van der Waals surface area contributed by atoms with Crippen LogP contribution in [0.15, 0.2) is 41.3 Å². The molecule has 0 spiro atoms. The van der Waals surface area contributed by atoms with Crippen LogP contribution in [0.25, 0.3) is 10.2 Å². The zero-order valence-electron chi connectivity index (χ0n) is 23.7. The fourth-order valence-corrected chi connectivity index (χ4v) is 6.79. The van der Waals surface area contributed by atoms with Crippen LogP contribution in [0.4, 0.5) is 5.13 Å². The molecule has 0 fully saturated rings. The number of amides is 1. The first-order chi connectivity index (χ1) is 18.1. The summed E-state index contributed by atoms with van der Waals surface area (Å²) in [5, 5.41) is 0.663. The second-order valence-corrected chi connectivity index (χ2v) is 13.1. The molecule has 208 valence electrons. The highest BCUT2D eigenvalue weighted by Crippen LogP contribution is 2.32. The Balaban J connectivity index is 1.90. The van der Waals surface area contributed by atoms with Gasteiger partial charge < -0.3 is 4.90 Å². The Morgan fingerprint density at radius 1 is 0.868 bits per heavy atom. The number of hydrogen-bond donors (Lipinski definition) is 0. The molecule has 7 nitrogen and oxygen atoms in total. The van der Waals surface area contributed by atoms with Gasteiger partial charge in [-0.25, -0.2) is 13.4 Å². The zero-order chi connectivity index (χ0) is 27.9. The summed E-state index contributed by atoms with van der Waals surface area (Å²) < 4.78 is 29.3. The molecule has 0 bridgehead atoms. The van der Waals surface area contributed by atoms with E-state index < -0.39 is 10.0 Å². The van der Waals surface area contributed by atoms with E-state index in [-0.39, 0.29) is 10.8 Å². The number of anilines is 1. The molecular formula is C29H42N4O3S2. The van der Waals surface area contributed by atoms with E-state index in [9.17, 15) is 13.2 Å². The van der Waals surface area contributed by atoms with E-state index in [0.717, 1.165) is 48.9 Å². The van der Waals surface area contributed by atoms with Crippen LogP contribution in [0.1, 0.15) is 67.4 Å². The highest BCUT2D eigenvalue weighted by atomic mass is 32.2. The van der Waals surface area contributed by atoms with Crippen molar-refractivity contribution in [1.29, 1.82) is 0 Å². The molecule has 0 N–H and O–H groups in total. The van der Waals surface area contributed by atoms with Crippen molar-refractivity contribution in [2.24, 2.45) is 0 Å². The molecule has 3 rings (SSSR count). The van der Waals surface area contributed by atoms with Gasteiger partial charge in [-0.3, -0.25) is 9.69 Å². The maximum absolute atomic E-state index is 13.7. The van der Waals surface area contributed by atoms with Crippen molar-refractivity contribution in [3.63, 3.8) is 0 Å². The van der Waals surface area contributed by atoms with Gasteiger partial charge in [-0.05, 0) is 101 Å². The van der Waals surface area contributed by atoms with E-state index in [2.05, 4.69) is 44.7 Å². The molecule has 0 saturated heterocycles. The molecular weight excluding hydrogens is 516 g/mol. The lowest BCUT2D eigenvalue weighted by Gasteiger charge is -2.23. The molecule has 0 aliphatic rings. The van der Waals surface area contributed by atoms with E-state index >= 15 is 0 Å². The van der Waals surface area contributed by atoms with Gasteiger partial charge in [0.05, 0.1) is 15.1 Å². The summed E-state index contributed by atoms with van der Waals surface area (Å²) in [6.45, 7) is 10.6. The maximum atomic E-state index is 13.7. The second-order valence-electron chi connectivity index (χ2n) is 10.1. The van der Waals surface area contributed by atoms with Gasteiger partial charge in [-0.2, -0.15) is 4.31 Å². The number of hydrogen-bond acceptors (Lipinski definition) is 6. The van der Waals surface area contributed by atoms with Gasteiger partial charge in [0.15, 0.2) is 5.13 Å². The fraction of sp³-hybridized carbons (Fsp3) is 0.517. The van der Waals surface area contributed by atoms with Crippen LogP contribution >= 0.6 is 11.3 Å². The Hall–Kier alpha value is -2.33. The Kier molecular flexibility index (Phi) is 10.8. The summed E-state index contributed by atoms with van der Waals surface area (Å²) in [6, 6.07) is 10.6. The summed E-state index contributed by atoms with van der Waals surface area (Å²) in [4.78, 5) is 22.6. The number of unbranched alkanes of at least 4 members (excludes halogenated alkanes) is 2. The van der Waals surface area contributed by atoms with Crippen LogP contribution in [-0.2, 0) is 10.0 Å². The molecule has 0 aliphatic heterocycles. The Bertz CT molecular complexity index is 1270. The number of nitrogens with zero attached hydrogens (tertiary/aromatic N) is 4. The first kappa shape index (κ1) is 30.2. The normalized spacial score (nSPS) is 12.1. The molecule has 0 aliphatic carbocycles.